The lowest BCUT2D eigenvalue weighted by molar-refractivity contribution is 0.106. The lowest BCUT2D eigenvalue weighted by Gasteiger charge is -2.11. The summed E-state index contributed by atoms with van der Waals surface area (Å²) in [6.45, 7) is 5.54. The summed E-state index contributed by atoms with van der Waals surface area (Å²) < 4.78 is 48.9. The summed E-state index contributed by atoms with van der Waals surface area (Å²) in [5.74, 6) is 0.0942. The third-order valence-corrected chi connectivity index (χ3v) is 4.35. The molecule has 0 fully saturated rings. The van der Waals surface area contributed by atoms with Crippen molar-refractivity contribution in [2.24, 2.45) is 0 Å². The molecule has 0 aliphatic rings. The molecule has 154 valence electrons. The Kier molecular flexibility index (Phi) is 6.46. The Morgan fingerprint density at radius 1 is 1.07 bits per heavy atom. The second kappa shape index (κ2) is 9.02. The molecule has 6 nitrogen and oxygen atoms in total. The van der Waals surface area contributed by atoms with Crippen LogP contribution in [0.5, 0.6) is 5.75 Å². The average molecular weight is 406 g/mol. The number of alkyl halides is 3. The molecule has 1 aromatic carbocycles. The number of ether oxygens (including phenoxy) is 1. The highest BCUT2D eigenvalue weighted by atomic mass is 19.3. The first-order valence-electron chi connectivity index (χ1n) is 9.18. The van der Waals surface area contributed by atoms with Crippen molar-refractivity contribution in [3.63, 3.8) is 0 Å². The largest absolute Gasteiger partial charge is 0.494 e. The van der Waals surface area contributed by atoms with Crippen LogP contribution in [0.15, 0.2) is 28.8 Å². The lowest BCUT2D eigenvalue weighted by Crippen LogP contribution is -2.03. The van der Waals surface area contributed by atoms with Crippen LogP contribution in [-0.4, -0.2) is 26.9 Å². The monoisotopic (exact) mass is 406 g/mol. The van der Waals surface area contributed by atoms with Crippen LogP contribution in [0.2, 0.25) is 0 Å². The van der Waals surface area contributed by atoms with Gasteiger partial charge in [0.25, 0.3) is 5.89 Å². The van der Waals surface area contributed by atoms with E-state index in [9.17, 15) is 13.2 Å². The van der Waals surface area contributed by atoms with Crippen molar-refractivity contribution < 1.29 is 22.4 Å². The maximum Gasteiger partial charge on any atom is 0.315 e. The Bertz CT molecular complexity index is 936. The van der Waals surface area contributed by atoms with E-state index in [1.54, 1.807) is 24.3 Å². The lowest BCUT2D eigenvalue weighted by atomic mass is 10.0. The minimum atomic E-state index is -2.80. The predicted molar refractivity (Wildman–Crippen MR) is 99.5 cm³/mol. The van der Waals surface area contributed by atoms with Crippen molar-refractivity contribution in [2.75, 3.05) is 6.61 Å². The highest BCUT2D eigenvalue weighted by Crippen LogP contribution is 2.30. The van der Waals surface area contributed by atoms with E-state index in [1.165, 1.54) is 6.92 Å². The summed E-state index contributed by atoms with van der Waals surface area (Å²) in [4.78, 5) is 3.75. The molecule has 0 saturated heterocycles. The van der Waals surface area contributed by atoms with Crippen molar-refractivity contribution in [3.8, 4) is 17.1 Å². The number of aromatic nitrogens is 4. The number of benzene rings is 1. The third-order valence-electron chi connectivity index (χ3n) is 4.35. The van der Waals surface area contributed by atoms with E-state index in [4.69, 9.17) is 4.74 Å². The SMILES string of the molecule is Cc1cc(OCCCc2ccc(C(C)F)nn2)cc(C)c1-c1noc(C(F)F)n1. The van der Waals surface area contributed by atoms with Gasteiger partial charge in [-0.25, -0.2) is 4.39 Å². The van der Waals surface area contributed by atoms with Gasteiger partial charge < -0.3 is 9.26 Å². The minimum Gasteiger partial charge on any atom is -0.494 e. The number of hydrogen-bond donors (Lipinski definition) is 0. The molecule has 0 amide bonds. The van der Waals surface area contributed by atoms with Gasteiger partial charge in [-0.05, 0) is 69.0 Å². The summed E-state index contributed by atoms with van der Waals surface area (Å²) in [7, 11) is 0. The van der Waals surface area contributed by atoms with Crippen LogP contribution >= 0.6 is 0 Å². The standard InChI is InChI=1S/C20H21F3N4O2/c1-11-9-15(10-12(2)17(11)19-24-20(18(22)23)29-27-19)28-8-4-5-14-6-7-16(13(3)21)26-25-14/h6-7,9-10,13,18H,4-5,8H2,1-3H3. The van der Waals surface area contributed by atoms with Crippen LogP contribution in [0.4, 0.5) is 13.2 Å². The van der Waals surface area contributed by atoms with E-state index in [2.05, 4.69) is 24.9 Å². The third kappa shape index (κ3) is 5.10. The number of rotatable bonds is 8. The summed E-state index contributed by atoms with van der Waals surface area (Å²) in [6, 6.07) is 7.01. The number of hydrogen-bond acceptors (Lipinski definition) is 6. The Labute approximate surface area is 166 Å². The normalized spacial score (nSPS) is 12.4. The molecule has 0 saturated carbocycles. The first-order valence-corrected chi connectivity index (χ1v) is 9.18. The maximum atomic E-state index is 13.1. The van der Waals surface area contributed by atoms with Gasteiger partial charge in [0, 0.05) is 5.56 Å². The predicted octanol–water partition coefficient (Wildman–Crippen LogP) is 5.12. The average Bonchev–Trinajstić information content (AvgIpc) is 3.15. The fourth-order valence-electron chi connectivity index (χ4n) is 2.94. The van der Waals surface area contributed by atoms with Gasteiger partial charge in [-0.1, -0.05) is 5.16 Å². The van der Waals surface area contributed by atoms with Crippen molar-refractivity contribution in [2.45, 2.75) is 46.2 Å². The second-order valence-corrected chi connectivity index (χ2v) is 6.71. The summed E-state index contributed by atoms with van der Waals surface area (Å²) in [6.07, 6.45) is -2.57. The van der Waals surface area contributed by atoms with Gasteiger partial charge in [-0.3, -0.25) is 0 Å². The summed E-state index contributed by atoms with van der Waals surface area (Å²) in [5, 5.41) is 11.5. The zero-order valence-corrected chi connectivity index (χ0v) is 16.3. The van der Waals surface area contributed by atoms with Crippen LogP contribution in [0.1, 0.15) is 54.3 Å². The molecule has 1 unspecified atom stereocenters. The van der Waals surface area contributed by atoms with Crippen LogP contribution in [0.25, 0.3) is 11.4 Å². The van der Waals surface area contributed by atoms with E-state index < -0.39 is 18.5 Å². The molecule has 9 heteroatoms. The molecule has 1 atom stereocenters. The highest BCUT2D eigenvalue weighted by Gasteiger charge is 2.20. The molecule has 2 heterocycles. The molecule has 0 bridgehead atoms. The van der Waals surface area contributed by atoms with Gasteiger partial charge >= 0.3 is 6.43 Å². The van der Waals surface area contributed by atoms with E-state index in [0.29, 0.717) is 36.5 Å². The maximum absolute atomic E-state index is 13.1. The zero-order valence-electron chi connectivity index (χ0n) is 16.3. The molecule has 0 aliphatic carbocycles. The van der Waals surface area contributed by atoms with Crippen molar-refractivity contribution >= 4 is 0 Å². The second-order valence-electron chi connectivity index (χ2n) is 6.71. The smallest absolute Gasteiger partial charge is 0.315 e. The highest BCUT2D eigenvalue weighted by molar-refractivity contribution is 5.65. The minimum absolute atomic E-state index is 0.131. The molecule has 0 N–H and O–H groups in total. The van der Waals surface area contributed by atoms with Crippen LogP contribution in [0.3, 0.4) is 0 Å². The topological polar surface area (TPSA) is 73.9 Å². The van der Waals surface area contributed by atoms with Crippen LogP contribution < -0.4 is 4.74 Å². The summed E-state index contributed by atoms with van der Waals surface area (Å²) in [5.41, 5.74) is 3.32. The van der Waals surface area contributed by atoms with E-state index in [-0.39, 0.29) is 5.82 Å². The van der Waals surface area contributed by atoms with Gasteiger partial charge in [0.1, 0.15) is 11.9 Å². The Morgan fingerprint density at radius 2 is 1.79 bits per heavy atom. The summed E-state index contributed by atoms with van der Waals surface area (Å²) >= 11 is 0. The van der Waals surface area contributed by atoms with Gasteiger partial charge in [-0.15, -0.1) is 0 Å². The van der Waals surface area contributed by atoms with E-state index >= 15 is 0 Å². The number of halogens is 3. The molecular formula is C20H21F3N4O2. The van der Waals surface area contributed by atoms with Crippen molar-refractivity contribution in [1.29, 1.82) is 0 Å². The first kappa shape index (κ1) is 20.8. The fourth-order valence-corrected chi connectivity index (χ4v) is 2.94. The van der Waals surface area contributed by atoms with Crippen molar-refractivity contribution in [3.05, 3.63) is 52.7 Å². The fraction of sp³-hybridized carbons (Fsp3) is 0.400. The van der Waals surface area contributed by atoms with Gasteiger partial charge in [0.2, 0.25) is 5.82 Å². The van der Waals surface area contributed by atoms with Crippen LogP contribution in [-0.2, 0) is 6.42 Å². The molecule has 2 aromatic heterocycles. The molecule has 0 spiro atoms. The quantitative estimate of drug-likeness (QED) is 0.483. The Hall–Kier alpha value is -2.97. The van der Waals surface area contributed by atoms with E-state index in [1.807, 2.05) is 13.8 Å². The number of nitrogens with zero attached hydrogens (tertiary/aromatic N) is 4. The van der Waals surface area contributed by atoms with Crippen LogP contribution in [0, 0.1) is 13.8 Å². The first-order chi connectivity index (χ1) is 13.8. The molecule has 0 radical (unpaired) electrons. The van der Waals surface area contributed by atoms with Crippen molar-refractivity contribution in [1.82, 2.24) is 20.3 Å². The van der Waals surface area contributed by atoms with E-state index in [0.717, 1.165) is 16.8 Å². The number of aryl methyl sites for hydroxylation is 3. The van der Waals surface area contributed by atoms with Gasteiger partial charge in [0.15, 0.2) is 0 Å². The molecule has 0 aliphatic heterocycles. The Morgan fingerprint density at radius 3 is 2.34 bits per heavy atom. The molecule has 3 rings (SSSR count). The molecule has 29 heavy (non-hydrogen) atoms. The Balaban J connectivity index is 1.59. The van der Waals surface area contributed by atoms with Gasteiger partial charge in [0.05, 0.1) is 18.0 Å². The zero-order chi connectivity index (χ0) is 21.0. The molecule has 3 aromatic rings. The van der Waals surface area contributed by atoms with Gasteiger partial charge in [-0.2, -0.15) is 24.0 Å². The molecular weight excluding hydrogens is 385 g/mol.